The molecule has 0 aliphatic rings. The molecule has 2 aromatic carbocycles. The van der Waals surface area contributed by atoms with Crippen molar-refractivity contribution >= 4 is 16.3 Å². The number of fused-ring (bicyclic) bond motifs is 3. The molecule has 138 valence electrons. The highest BCUT2D eigenvalue weighted by atomic mass is 15.2. The van der Waals surface area contributed by atoms with E-state index in [0.717, 1.165) is 12.2 Å². The topological polar surface area (TPSA) is 22.2 Å². The summed E-state index contributed by atoms with van der Waals surface area (Å²) in [6.07, 6.45) is 2.14. The largest absolute Gasteiger partial charge is 0.343 e. The molecule has 3 heteroatoms. The van der Waals surface area contributed by atoms with Crippen LogP contribution in [0.15, 0.2) is 72.9 Å². The van der Waals surface area contributed by atoms with E-state index < -0.39 is 0 Å². The van der Waals surface area contributed by atoms with Crippen LogP contribution in [-0.4, -0.2) is 14.2 Å². The zero-order chi connectivity index (χ0) is 19.3. The number of aryl methyl sites for hydroxylation is 3. The van der Waals surface area contributed by atoms with Gasteiger partial charge in [0, 0.05) is 40.5 Å². The third-order valence-electron chi connectivity index (χ3n) is 5.75. The molecule has 0 unspecified atom stereocenters. The maximum atomic E-state index is 4.88. The summed E-state index contributed by atoms with van der Waals surface area (Å²) >= 11 is 0. The Kier molecular flexibility index (Phi) is 3.83. The maximum Gasteiger partial charge on any atom is 0.0749 e. The van der Waals surface area contributed by atoms with Crippen LogP contribution in [0.5, 0.6) is 0 Å². The van der Waals surface area contributed by atoms with Crippen molar-refractivity contribution in [2.45, 2.75) is 27.3 Å². The second-order valence-corrected chi connectivity index (χ2v) is 7.50. The molecule has 0 N–H and O–H groups in total. The van der Waals surface area contributed by atoms with Gasteiger partial charge in [0.25, 0.3) is 0 Å². The molecule has 5 rings (SSSR count). The molecule has 0 bridgehead atoms. The summed E-state index contributed by atoms with van der Waals surface area (Å²) in [6.45, 7) is 7.44. The second-order valence-electron chi connectivity index (χ2n) is 7.50. The van der Waals surface area contributed by atoms with E-state index in [1.54, 1.807) is 0 Å². The van der Waals surface area contributed by atoms with Crippen LogP contribution in [0.2, 0.25) is 0 Å². The second kappa shape index (κ2) is 6.38. The van der Waals surface area contributed by atoms with Crippen molar-refractivity contribution in [2.24, 2.45) is 0 Å². The fourth-order valence-electron chi connectivity index (χ4n) is 4.36. The van der Waals surface area contributed by atoms with Gasteiger partial charge in [0.15, 0.2) is 0 Å². The van der Waals surface area contributed by atoms with Crippen LogP contribution in [0.3, 0.4) is 0 Å². The highest BCUT2D eigenvalue weighted by Gasteiger charge is 2.18. The normalized spacial score (nSPS) is 11.5. The van der Waals surface area contributed by atoms with Crippen molar-refractivity contribution in [3.8, 4) is 11.1 Å². The van der Waals surface area contributed by atoms with Crippen LogP contribution in [0.1, 0.15) is 22.6 Å². The molecular formula is C25H23N3. The molecule has 0 amide bonds. The fraction of sp³-hybridized carbons (Fsp3) is 0.160. The molecule has 0 aliphatic carbocycles. The first-order valence-electron chi connectivity index (χ1n) is 9.71. The first-order chi connectivity index (χ1) is 13.6. The Balaban J connectivity index is 1.76. The van der Waals surface area contributed by atoms with Gasteiger partial charge in [-0.05, 0) is 38.0 Å². The molecule has 3 aromatic heterocycles. The lowest BCUT2D eigenvalue weighted by molar-refractivity contribution is 0.754. The summed E-state index contributed by atoms with van der Waals surface area (Å²) in [5.41, 5.74) is 8.56. The molecule has 3 nitrogen and oxygen atoms in total. The van der Waals surface area contributed by atoms with Gasteiger partial charge in [0.2, 0.25) is 0 Å². The first kappa shape index (κ1) is 16.8. The summed E-state index contributed by atoms with van der Waals surface area (Å²) in [5, 5.41) is 7.46. The van der Waals surface area contributed by atoms with E-state index in [0.29, 0.717) is 0 Å². The van der Waals surface area contributed by atoms with Crippen molar-refractivity contribution in [3.05, 3.63) is 95.6 Å². The van der Waals surface area contributed by atoms with E-state index >= 15 is 0 Å². The molecule has 0 aliphatic heterocycles. The van der Waals surface area contributed by atoms with Crippen LogP contribution >= 0.6 is 0 Å². The number of aromatic nitrogens is 3. The highest BCUT2D eigenvalue weighted by Crippen LogP contribution is 2.34. The highest BCUT2D eigenvalue weighted by molar-refractivity contribution is 6.02. The lowest BCUT2D eigenvalue weighted by atomic mass is 10.1. The summed E-state index contributed by atoms with van der Waals surface area (Å²) in [4.78, 5) is 0. The van der Waals surface area contributed by atoms with E-state index in [4.69, 9.17) is 5.10 Å². The number of hydrogen-bond acceptors (Lipinski definition) is 1. The number of hydrogen-bond donors (Lipinski definition) is 0. The summed E-state index contributed by atoms with van der Waals surface area (Å²) in [7, 11) is 0. The SMILES string of the molecule is Cc1nn2cc(-c3ccccc3)cc2c2c(C)n(Cc3ccccc3)c(C)c12. The molecule has 0 fully saturated rings. The van der Waals surface area contributed by atoms with Gasteiger partial charge in [0.05, 0.1) is 11.2 Å². The van der Waals surface area contributed by atoms with Gasteiger partial charge in [-0.1, -0.05) is 60.7 Å². The van der Waals surface area contributed by atoms with E-state index in [2.05, 4.69) is 98.3 Å². The maximum absolute atomic E-state index is 4.88. The van der Waals surface area contributed by atoms with Crippen LogP contribution in [0, 0.1) is 20.8 Å². The van der Waals surface area contributed by atoms with Gasteiger partial charge in [-0.25, -0.2) is 4.52 Å². The van der Waals surface area contributed by atoms with Crippen molar-refractivity contribution in [2.75, 3.05) is 0 Å². The summed E-state index contributed by atoms with van der Waals surface area (Å²) < 4.78 is 4.46. The van der Waals surface area contributed by atoms with Crippen molar-refractivity contribution < 1.29 is 0 Å². The van der Waals surface area contributed by atoms with Crippen molar-refractivity contribution in [1.82, 2.24) is 14.2 Å². The molecule has 28 heavy (non-hydrogen) atoms. The monoisotopic (exact) mass is 365 g/mol. The van der Waals surface area contributed by atoms with Crippen LogP contribution < -0.4 is 0 Å². The molecular weight excluding hydrogens is 342 g/mol. The molecule has 0 atom stereocenters. The van der Waals surface area contributed by atoms with E-state index in [1.807, 2.05) is 4.52 Å². The van der Waals surface area contributed by atoms with Crippen LogP contribution in [0.4, 0.5) is 0 Å². The van der Waals surface area contributed by atoms with Gasteiger partial charge in [0.1, 0.15) is 0 Å². The smallest absolute Gasteiger partial charge is 0.0749 e. The molecule has 0 spiro atoms. The zero-order valence-corrected chi connectivity index (χ0v) is 16.5. The summed E-state index contributed by atoms with van der Waals surface area (Å²) in [6, 6.07) is 23.4. The quantitative estimate of drug-likeness (QED) is 0.388. The van der Waals surface area contributed by atoms with Crippen LogP contribution in [-0.2, 0) is 6.54 Å². The minimum absolute atomic E-state index is 0.880. The van der Waals surface area contributed by atoms with Gasteiger partial charge >= 0.3 is 0 Å². The fourth-order valence-corrected chi connectivity index (χ4v) is 4.36. The van der Waals surface area contributed by atoms with Gasteiger partial charge in [-0.2, -0.15) is 5.10 Å². The van der Waals surface area contributed by atoms with E-state index in [9.17, 15) is 0 Å². The lowest BCUT2D eigenvalue weighted by Gasteiger charge is -2.09. The lowest BCUT2D eigenvalue weighted by Crippen LogP contribution is -2.03. The van der Waals surface area contributed by atoms with Crippen molar-refractivity contribution in [3.63, 3.8) is 0 Å². The van der Waals surface area contributed by atoms with Gasteiger partial charge in [-0.15, -0.1) is 0 Å². The minimum Gasteiger partial charge on any atom is -0.343 e. The predicted octanol–water partition coefficient (Wildman–Crippen LogP) is 5.93. The summed E-state index contributed by atoms with van der Waals surface area (Å²) in [5.74, 6) is 0. The van der Waals surface area contributed by atoms with E-state index in [1.165, 1.54) is 44.4 Å². The van der Waals surface area contributed by atoms with E-state index in [-0.39, 0.29) is 0 Å². The van der Waals surface area contributed by atoms with Crippen LogP contribution in [0.25, 0.3) is 27.4 Å². The Morgan fingerprint density at radius 1 is 0.750 bits per heavy atom. The molecule has 3 heterocycles. The Morgan fingerprint density at radius 2 is 1.39 bits per heavy atom. The predicted molar refractivity (Wildman–Crippen MR) is 116 cm³/mol. The third-order valence-corrected chi connectivity index (χ3v) is 5.75. The number of benzene rings is 2. The molecule has 0 saturated carbocycles. The Bertz CT molecular complexity index is 1290. The Labute approximate surface area is 164 Å². The average molecular weight is 365 g/mol. The molecule has 5 aromatic rings. The Hall–Kier alpha value is -3.33. The number of rotatable bonds is 3. The molecule has 0 saturated heterocycles. The third kappa shape index (κ3) is 2.55. The minimum atomic E-state index is 0.880. The van der Waals surface area contributed by atoms with Gasteiger partial charge in [-0.3, -0.25) is 0 Å². The van der Waals surface area contributed by atoms with Gasteiger partial charge < -0.3 is 4.57 Å². The average Bonchev–Trinajstić information content (AvgIpc) is 3.24. The van der Waals surface area contributed by atoms with Crippen molar-refractivity contribution in [1.29, 1.82) is 0 Å². The number of nitrogens with zero attached hydrogens (tertiary/aromatic N) is 3. The Morgan fingerprint density at radius 3 is 2.11 bits per heavy atom. The first-order valence-corrected chi connectivity index (χ1v) is 9.71. The zero-order valence-electron chi connectivity index (χ0n) is 16.5. The standard InChI is InChI=1S/C25H23N3/c1-17-24-18(2)27(15-20-10-6-4-7-11-20)19(3)25(24)23-14-22(16-28(23)26-17)21-12-8-5-9-13-21/h4-14,16H,15H2,1-3H3. The molecule has 0 radical (unpaired) electrons.